The second-order valence-electron chi connectivity index (χ2n) is 10.1. The molecule has 3 rings (SSSR count). The number of ether oxygens (including phenoxy) is 2. The molecule has 1 atom stereocenters. The predicted molar refractivity (Wildman–Crippen MR) is 148 cm³/mol. The standard InChI is InChI=1S/C27H41N3O5S2/c1-19-16-23(34-6)17-20(2)27(19)37(32,33)30(5)13-14-35-18-25(31)28-22-11-9-21(10-12-22)26(29(3)4)24-8-7-15-36-24/h7-8,15-17,21-22,26H,9-14,18H2,1-6H3,(H,28,31). The van der Waals surface area contributed by atoms with Crippen LogP contribution in [0.5, 0.6) is 5.75 Å². The molecule has 1 aromatic carbocycles. The SMILES string of the molecule is COc1cc(C)c(S(=O)(=O)N(C)CCOCC(=O)NC2CCC(C(c3cccs3)N(C)C)CC2)c(C)c1. The molecule has 1 aliphatic carbocycles. The van der Waals surface area contributed by atoms with Gasteiger partial charge in [0.2, 0.25) is 15.9 Å². The van der Waals surface area contributed by atoms with Crippen LogP contribution in [0.25, 0.3) is 0 Å². The van der Waals surface area contributed by atoms with Crippen molar-refractivity contribution >= 4 is 27.3 Å². The summed E-state index contributed by atoms with van der Waals surface area (Å²) in [6.45, 7) is 3.72. The van der Waals surface area contributed by atoms with Crippen LogP contribution < -0.4 is 10.1 Å². The van der Waals surface area contributed by atoms with Crippen LogP contribution in [0.4, 0.5) is 0 Å². The van der Waals surface area contributed by atoms with E-state index in [1.165, 1.54) is 16.2 Å². The van der Waals surface area contributed by atoms with E-state index >= 15 is 0 Å². The highest BCUT2D eigenvalue weighted by Gasteiger charge is 2.31. The maximum Gasteiger partial charge on any atom is 0.246 e. The fourth-order valence-electron chi connectivity index (χ4n) is 5.29. The summed E-state index contributed by atoms with van der Waals surface area (Å²) in [5.74, 6) is 1.05. The maximum atomic E-state index is 13.1. The molecule has 37 heavy (non-hydrogen) atoms. The van der Waals surface area contributed by atoms with Crippen LogP contribution >= 0.6 is 11.3 Å². The summed E-state index contributed by atoms with van der Waals surface area (Å²) >= 11 is 1.81. The van der Waals surface area contributed by atoms with Crippen molar-refractivity contribution in [2.24, 2.45) is 5.92 Å². The lowest BCUT2D eigenvalue weighted by atomic mass is 9.80. The minimum Gasteiger partial charge on any atom is -0.497 e. The molecule has 1 heterocycles. The molecule has 0 saturated heterocycles. The third-order valence-electron chi connectivity index (χ3n) is 7.10. The number of carbonyl (C=O) groups excluding carboxylic acids is 1. The number of aryl methyl sites for hydroxylation is 2. The van der Waals surface area contributed by atoms with Crippen LogP contribution in [0.3, 0.4) is 0 Å². The molecule has 1 fully saturated rings. The summed E-state index contributed by atoms with van der Waals surface area (Å²) < 4.78 is 38.2. The number of thiophene rings is 1. The van der Waals surface area contributed by atoms with Gasteiger partial charge in [-0.2, -0.15) is 4.31 Å². The van der Waals surface area contributed by atoms with Gasteiger partial charge in [-0.3, -0.25) is 4.79 Å². The molecule has 0 radical (unpaired) electrons. The van der Waals surface area contributed by atoms with Crippen LogP contribution in [0.15, 0.2) is 34.5 Å². The molecule has 1 aliphatic rings. The van der Waals surface area contributed by atoms with Gasteiger partial charge in [0, 0.05) is 30.6 Å². The minimum atomic E-state index is -3.69. The fraction of sp³-hybridized carbons (Fsp3) is 0.593. The first-order valence-corrected chi connectivity index (χ1v) is 15.0. The maximum absolute atomic E-state index is 13.1. The highest BCUT2D eigenvalue weighted by Crippen LogP contribution is 2.39. The molecule has 0 bridgehead atoms. The van der Waals surface area contributed by atoms with Crippen LogP contribution in [-0.2, 0) is 19.6 Å². The zero-order valence-corrected chi connectivity index (χ0v) is 24.5. The van der Waals surface area contributed by atoms with Gasteiger partial charge in [0.15, 0.2) is 0 Å². The molecule has 10 heteroatoms. The Labute approximate surface area is 226 Å². The summed E-state index contributed by atoms with van der Waals surface area (Å²) in [4.78, 5) is 16.4. The monoisotopic (exact) mass is 551 g/mol. The quantitative estimate of drug-likeness (QED) is 0.402. The van der Waals surface area contributed by atoms with Gasteiger partial charge >= 0.3 is 0 Å². The molecule has 1 saturated carbocycles. The van der Waals surface area contributed by atoms with E-state index in [1.54, 1.807) is 44.4 Å². The van der Waals surface area contributed by atoms with Crippen LogP contribution in [0, 0.1) is 19.8 Å². The number of methoxy groups -OCH3 is 1. The van der Waals surface area contributed by atoms with Crippen molar-refractivity contribution in [3.8, 4) is 5.75 Å². The van der Waals surface area contributed by atoms with E-state index < -0.39 is 10.0 Å². The van der Waals surface area contributed by atoms with E-state index in [0.29, 0.717) is 28.8 Å². The Morgan fingerprint density at radius 2 is 1.78 bits per heavy atom. The summed E-state index contributed by atoms with van der Waals surface area (Å²) in [7, 11) is 3.66. The Morgan fingerprint density at radius 3 is 2.32 bits per heavy atom. The summed E-state index contributed by atoms with van der Waals surface area (Å²) in [6.07, 6.45) is 4.04. The fourth-order valence-corrected chi connectivity index (χ4v) is 7.86. The van der Waals surface area contributed by atoms with Crippen molar-refractivity contribution in [3.63, 3.8) is 0 Å². The highest BCUT2D eigenvalue weighted by molar-refractivity contribution is 7.89. The first-order chi connectivity index (χ1) is 17.5. The molecular formula is C27H41N3O5S2. The van der Waals surface area contributed by atoms with Crippen LogP contribution in [-0.4, -0.2) is 77.6 Å². The summed E-state index contributed by atoms with van der Waals surface area (Å²) in [5.41, 5.74) is 1.26. The van der Waals surface area contributed by atoms with Crippen molar-refractivity contribution < 1.29 is 22.7 Å². The first-order valence-electron chi connectivity index (χ1n) is 12.7. The number of nitrogens with zero attached hydrogens (tertiary/aromatic N) is 2. The van der Waals surface area contributed by atoms with E-state index in [2.05, 4.69) is 41.8 Å². The van der Waals surface area contributed by atoms with Crippen LogP contribution in [0.1, 0.15) is 47.7 Å². The number of nitrogens with one attached hydrogen (secondary N) is 1. The van der Waals surface area contributed by atoms with Crippen molar-refractivity contribution in [3.05, 3.63) is 45.6 Å². The molecule has 1 unspecified atom stereocenters. The number of hydrogen-bond acceptors (Lipinski definition) is 7. The molecule has 8 nitrogen and oxygen atoms in total. The minimum absolute atomic E-state index is 0.0794. The number of sulfonamides is 1. The average Bonchev–Trinajstić information content (AvgIpc) is 3.36. The Kier molecular flexibility index (Phi) is 10.5. The molecule has 0 aliphatic heterocycles. The first kappa shape index (κ1) is 29.6. The van der Waals surface area contributed by atoms with Gasteiger partial charge in [-0.15, -0.1) is 11.3 Å². The Balaban J connectivity index is 1.42. The van der Waals surface area contributed by atoms with Gasteiger partial charge in [-0.25, -0.2) is 8.42 Å². The Bertz CT molecular complexity index is 1100. The molecule has 1 aromatic heterocycles. The number of amides is 1. The Hall–Kier alpha value is -1.98. The number of benzene rings is 1. The second-order valence-corrected chi connectivity index (χ2v) is 13.0. The number of likely N-dealkylation sites (N-methyl/N-ethyl adjacent to an activating group) is 1. The van der Waals surface area contributed by atoms with Crippen molar-refractivity contribution in [2.45, 2.75) is 56.5 Å². The smallest absolute Gasteiger partial charge is 0.246 e. The highest BCUT2D eigenvalue weighted by atomic mass is 32.2. The average molecular weight is 552 g/mol. The molecule has 1 amide bonds. The lowest BCUT2D eigenvalue weighted by Gasteiger charge is -2.37. The second kappa shape index (κ2) is 13.2. The summed E-state index contributed by atoms with van der Waals surface area (Å²) in [6, 6.07) is 8.32. The Morgan fingerprint density at radius 1 is 1.14 bits per heavy atom. The van der Waals surface area contributed by atoms with Gasteiger partial charge in [-0.05, 0) is 94.3 Å². The van der Waals surface area contributed by atoms with Gasteiger partial charge in [0.05, 0.1) is 18.6 Å². The molecule has 1 N–H and O–H groups in total. The van der Waals surface area contributed by atoms with Crippen LogP contribution in [0.2, 0.25) is 0 Å². The lowest BCUT2D eigenvalue weighted by molar-refractivity contribution is -0.126. The number of rotatable bonds is 12. The molecule has 206 valence electrons. The van der Waals surface area contributed by atoms with Crippen molar-refractivity contribution in [1.82, 2.24) is 14.5 Å². The van der Waals surface area contributed by atoms with Crippen molar-refractivity contribution in [1.29, 1.82) is 0 Å². The largest absolute Gasteiger partial charge is 0.497 e. The lowest BCUT2D eigenvalue weighted by Crippen LogP contribution is -2.41. The predicted octanol–water partition coefficient (Wildman–Crippen LogP) is 3.99. The third-order valence-corrected chi connectivity index (χ3v) is 10.2. The van der Waals surface area contributed by atoms with E-state index in [4.69, 9.17) is 9.47 Å². The zero-order chi connectivity index (χ0) is 27.2. The molecule has 0 spiro atoms. The number of carbonyl (C=O) groups is 1. The van der Waals surface area contributed by atoms with E-state index in [9.17, 15) is 13.2 Å². The van der Waals surface area contributed by atoms with Gasteiger partial charge in [0.25, 0.3) is 0 Å². The zero-order valence-electron chi connectivity index (χ0n) is 22.8. The molecular weight excluding hydrogens is 510 g/mol. The topological polar surface area (TPSA) is 88.2 Å². The molecule has 2 aromatic rings. The normalized spacial score (nSPS) is 19.2. The van der Waals surface area contributed by atoms with Gasteiger partial charge < -0.3 is 19.7 Å². The number of hydrogen-bond donors (Lipinski definition) is 1. The van der Waals surface area contributed by atoms with Crippen molar-refractivity contribution in [2.75, 3.05) is 48.0 Å². The van der Waals surface area contributed by atoms with E-state index in [-0.39, 0.29) is 36.6 Å². The summed E-state index contributed by atoms with van der Waals surface area (Å²) in [5, 5.41) is 5.22. The van der Waals surface area contributed by atoms with E-state index in [1.807, 2.05) is 0 Å². The van der Waals surface area contributed by atoms with E-state index in [0.717, 1.165) is 25.7 Å². The van der Waals surface area contributed by atoms with Gasteiger partial charge in [-0.1, -0.05) is 6.07 Å². The van der Waals surface area contributed by atoms with Gasteiger partial charge in [0.1, 0.15) is 12.4 Å². The third kappa shape index (κ3) is 7.54.